The van der Waals surface area contributed by atoms with Gasteiger partial charge in [-0.25, -0.2) is 9.78 Å². The Morgan fingerprint density at radius 1 is 1.08 bits per heavy atom. The predicted octanol–water partition coefficient (Wildman–Crippen LogP) is 4.03. The number of methoxy groups -OCH3 is 1. The lowest BCUT2D eigenvalue weighted by atomic mass is 10.0. The zero-order valence-electron chi connectivity index (χ0n) is 13.7. The van der Waals surface area contributed by atoms with E-state index in [0.717, 1.165) is 5.56 Å². The molecule has 0 aliphatic heterocycles. The Labute approximate surface area is 145 Å². The number of hydrogen-bond acceptors (Lipinski definition) is 4. The molecule has 0 aliphatic carbocycles. The van der Waals surface area contributed by atoms with Crippen LogP contribution >= 0.6 is 0 Å². The average molecular weight is 335 g/mol. The third-order valence-corrected chi connectivity index (χ3v) is 3.68. The summed E-state index contributed by atoms with van der Waals surface area (Å²) in [6.07, 6.45) is 1.62. The number of rotatable bonds is 6. The molecule has 5 nitrogen and oxygen atoms in total. The number of aromatic nitrogens is 1. The van der Waals surface area contributed by atoms with Crippen molar-refractivity contribution in [1.82, 2.24) is 4.98 Å². The highest BCUT2D eigenvalue weighted by atomic mass is 16.5. The second-order valence-electron chi connectivity index (χ2n) is 5.39. The maximum Gasteiger partial charge on any atom is 0.335 e. The van der Waals surface area contributed by atoms with Crippen molar-refractivity contribution in [3.8, 4) is 22.8 Å². The Kier molecular flexibility index (Phi) is 4.95. The Hall–Kier alpha value is -3.34. The Bertz CT molecular complexity index is 878. The van der Waals surface area contributed by atoms with E-state index in [-0.39, 0.29) is 5.56 Å². The molecule has 1 heterocycles. The smallest absolute Gasteiger partial charge is 0.335 e. The van der Waals surface area contributed by atoms with Gasteiger partial charge in [-0.3, -0.25) is 0 Å². The molecule has 3 aromatic rings. The van der Waals surface area contributed by atoms with Gasteiger partial charge in [-0.05, 0) is 41.5 Å². The van der Waals surface area contributed by atoms with E-state index in [2.05, 4.69) is 4.98 Å². The van der Waals surface area contributed by atoms with Gasteiger partial charge in [0.05, 0.1) is 12.7 Å². The number of carbonyl (C=O) groups is 1. The van der Waals surface area contributed by atoms with E-state index in [9.17, 15) is 9.90 Å². The van der Waals surface area contributed by atoms with Crippen LogP contribution in [0.5, 0.6) is 11.6 Å². The van der Waals surface area contributed by atoms with Gasteiger partial charge in [-0.1, -0.05) is 30.3 Å². The van der Waals surface area contributed by atoms with Crippen LogP contribution in [0.3, 0.4) is 0 Å². The molecule has 2 aromatic carbocycles. The molecule has 0 bridgehead atoms. The minimum Gasteiger partial charge on any atom is -0.489 e. The average Bonchev–Trinajstić information content (AvgIpc) is 2.67. The molecule has 1 N–H and O–H groups in total. The highest BCUT2D eigenvalue weighted by Crippen LogP contribution is 2.31. The van der Waals surface area contributed by atoms with Crippen molar-refractivity contribution in [3.63, 3.8) is 0 Å². The molecule has 3 rings (SSSR count). The molecule has 0 saturated heterocycles. The number of benzene rings is 2. The van der Waals surface area contributed by atoms with Crippen molar-refractivity contribution in [2.45, 2.75) is 6.61 Å². The summed E-state index contributed by atoms with van der Waals surface area (Å²) < 4.78 is 11.1. The second kappa shape index (κ2) is 7.49. The molecule has 0 aliphatic rings. The molecule has 0 spiro atoms. The largest absolute Gasteiger partial charge is 0.489 e. The van der Waals surface area contributed by atoms with Gasteiger partial charge in [-0.15, -0.1) is 0 Å². The maximum atomic E-state index is 11.5. The molecular weight excluding hydrogens is 318 g/mol. The third-order valence-electron chi connectivity index (χ3n) is 3.68. The van der Waals surface area contributed by atoms with E-state index in [1.165, 1.54) is 13.2 Å². The van der Waals surface area contributed by atoms with Gasteiger partial charge in [0, 0.05) is 11.8 Å². The zero-order chi connectivity index (χ0) is 17.6. The second-order valence-corrected chi connectivity index (χ2v) is 5.39. The van der Waals surface area contributed by atoms with Crippen molar-refractivity contribution in [2.24, 2.45) is 0 Å². The summed E-state index contributed by atoms with van der Waals surface area (Å²) in [6.45, 7) is 0.355. The summed E-state index contributed by atoms with van der Waals surface area (Å²) in [4.78, 5) is 15.6. The first kappa shape index (κ1) is 16.5. The van der Waals surface area contributed by atoms with Gasteiger partial charge in [0.1, 0.15) is 12.4 Å². The first-order valence-corrected chi connectivity index (χ1v) is 7.72. The van der Waals surface area contributed by atoms with Gasteiger partial charge < -0.3 is 14.6 Å². The van der Waals surface area contributed by atoms with Crippen LogP contribution in [0.1, 0.15) is 15.9 Å². The lowest BCUT2D eigenvalue weighted by molar-refractivity contribution is 0.0696. The maximum absolute atomic E-state index is 11.5. The summed E-state index contributed by atoms with van der Waals surface area (Å²) in [7, 11) is 1.53. The van der Waals surface area contributed by atoms with E-state index < -0.39 is 5.97 Å². The van der Waals surface area contributed by atoms with Crippen LogP contribution in [0.15, 0.2) is 66.9 Å². The molecule has 1 aromatic heterocycles. The quantitative estimate of drug-likeness (QED) is 0.736. The molecule has 0 saturated carbocycles. The topological polar surface area (TPSA) is 68.7 Å². The number of nitrogens with zero attached hydrogens (tertiary/aromatic N) is 1. The van der Waals surface area contributed by atoms with Crippen molar-refractivity contribution in [1.29, 1.82) is 0 Å². The van der Waals surface area contributed by atoms with Gasteiger partial charge >= 0.3 is 5.97 Å². The van der Waals surface area contributed by atoms with Gasteiger partial charge in [0.25, 0.3) is 0 Å². The number of pyridine rings is 1. The summed E-state index contributed by atoms with van der Waals surface area (Å²) >= 11 is 0. The molecule has 0 unspecified atom stereocenters. The van der Waals surface area contributed by atoms with Crippen molar-refractivity contribution < 1.29 is 19.4 Å². The van der Waals surface area contributed by atoms with E-state index in [1.54, 1.807) is 24.4 Å². The number of aromatic carboxylic acids is 1. The minimum atomic E-state index is -1.02. The third kappa shape index (κ3) is 3.95. The van der Waals surface area contributed by atoms with Crippen molar-refractivity contribution in [2.75, 3.05) is 7.11 Å². The molecule has 25 heavy (non-hydrogen) atoms. The number of carboxylic acid groups (broad SMARTS) is 1. The molecule has 0 atom stereocenters. The molecule has 0 fully saturated rings. The number of carboxylic acids is 1. The monoisotopic (exact) mass is 335 g/mol. The lowest BCUT2D eigenvalue weighted by Crippen LogP contribution is -2.01. The van der Waals surface area contributed by atoms with Crippen LogP contribution in [-0.2, 0) is 6.61 Å². The van der Waals surface area contributed by atoms with Crippen molar-refractivity contribution in [3.05, 3.63) is 78.0 Å². The van der Waals surface area contributed by atoms with Crippen LogP contribution < -0.4 is 9.47 Å². The molecule has 126 valence electrons. The lowest BCUT2D eigenvalue weighted by Gasteiger charge is -2.12. The molecule has 0 radical (unpaired) electrons. The Morgan fingerprint density at radius 3 is 2.60 bits per heavy atom. The summed E-state index contributed by atoms with van der Waals surface area (Å²) in [5.74, 6) is -0.113. The van der Waals surface area contributed by atoms with Crippen LogP contribution in [0, 0.1) is 0 Å². The molecular formula is C20H17NO4. The summed E-state index contributed by atoms with van der Waals surface area (Å²) in [6, 6.07) is 18.2. The predicted molar refractivity (Wildman–Crippen MR) is 94.0 cm³/mol. The normalized spacial score (nSPS) is 10.3. The minimum absolute atomic E-state index is 0.145. The van der Waals surface area contributed by atoms with Crippen LogP contribution in [0.4, 0.5) is 0 Å². The van der Waals surface area contributed by atoms with Gasteiger partial charge in [0.2, 0.25) is 5.88 Å². The van der Waals surface area contributed by atoms with E-state index in [0.29, 0.717) is 29.4 Å². The number of ether oxygens (including phenoxy) is 2. The standard InChI is InChI=1S/C20H17NO4/c1-24-19-18(8-5-9-21-19)15-10-16(20(22)23)12-17(11-15)25-13-14-6-3-2-4-7-14/h2-12H,13H2,1H3,(H,22,23). The summed E-state index contributed by atoms with van der Waals surface area (Å²) in [5.41, 5.74) is 2.53. The Balaban J connectivity index is 1.96. The Morgan fingerprint density at radius 2 is 1.88 bits per heavy atom. The van der Waals surface area contributed by atoms with E-state index in [1.807, 2.05) is 36.4 Å². The highest BCUT2D eigenvalue weighted by Gasteiger charge is 2.13. The molecule has 0 amide bonds. The van der Waals surface area contributed by atoms with Crippen LogP contribution in [0.2, 0.25) is 0 Å². The fourth-order valence-electron chi connectivity index (χ4n) is 2.48. The van der Waals surface area contributed by atoms with Crippen LogP contribution in [0.25, 0.3) is 11.1 Å². The fourth-order valence-corrected chi connectivity index (χ4v) is 2.48. The fraction of sp³-hybridized carbons (Fsp3) is 0.100. The SMILES string of the molecule is COc1ncccc1-c1cc(OCc2ccccc2)cc(C(=O)O)c1. The first-order valence-electron chi connectivity index (χ1n) is 7.72. The van der Waals surface area contributed by atoms with Crippen LogP contribution in [-0.4, -0.2) is 23.2 Å². The van der Waals surface area contributed by atoms with E-state index >= 15 is 0 Å². The summed E-state index contributed by atoms with van der Waals surface area (Å²) in [5, 5.41) is 9.39. The molecule has 5 heteroatoms. The highest BCUT2D eigenvalue weighted by molar-refractivity contribution is 5.90. The van der Waals surface area contributed by atoms with Gasteiger partial charge in [0.15, 0.2) is 0 Å². The van der Waals surface area contributed by atoms with Gasteiger partial charge in [-0.2, -0.15) is 0 Å². The van der Waals surface area contributed by atoms with E-state index in [4.69, 9.17) is 9.47 Å². The number of hydrogen-bond donors (Lipinski definition) is 1. The van der Waals surface area contributed by atoms with Crippen molar-refractivity contribution >= 4 is 5.97 Å². The first-order chi connectivity index (χ1) is 12.2. The zero-order valence-corrected chi connectivity index (χ0v) is 13.7.